The zero-order valence-corrected chi connectivity index (χ0v) is 14.3. The molecule has 0 saturated carbocycles. The van der Waals surface area contributed by atoms with Gasteiger partial charge in [0.15, 0.2) is 0 Å². The van der Waals surface area contributed by atoms with Gasteiger partial charge >= 0.3 is 0 Å². The van der Waals surface area contributed by atoms with E-state index in [1.807, 2.05) is 49.5 Å². The SMILES string of the molecule is CNCC(CCOc1cccc(Br)c1)c1ccccc1Cl. The van der Waals surface area contributed by atoms with Crippen LogP contribution in [0.2, 0.25) is 5.02 Å². The van der Waals surface area contributed by atoms with Crippen molar-refractivity contribution in [1.82, 2.24) is 5.32 Å². The van der Waals surface area contributed by atoms with Gasteiger partial charge in [-0.25, -0.2) is 0 Å². The molecule has 0 aliphatic carbocycles. The summed E-state index contributed by atoms with van der Waals surface area (Å²) in [5.74, 6) is 1.22. The van der Waals surface area contributed by atoms with Gasteiger partial charge in [-0.15, -0.1) is 0 Å². The van der Waals surface area contributed by atoms with Crippen molar-refractivity contribution in [1.29, 1.82) is 0 Å². The first-order valence-electron chi connectivity index (χ1n) is 6.98. The van der Waals surface area contributed by atoms with E-state index >= 15 is 0 Å². The van der Waals surface area contributed by atoms with Gasteiger partial charge in [-0.3, -0.25) is 0 Å². The Morgan fingerprint density at radius 1 is 1.19 bits per heavy atom. The second-order valence-corrected chi connectivity index (χ2v) is 6.19. The lowest BCUT2D eigenvalue weighted by atomic mass is 9.96. The van der Waals surface area contributed by atoms with Gasteiger partial charge in [0.1, 0.15) is 5.75 Å². The third-order valence-electron chi connectivity index (χ3n) is 3.33. The highest BCUT2D eigenvalue weighted by Gasteiger charge is 2.14. The average Bonchev–Trinajstić information content (AvgIpc) is 2.47. The van der Waals surface area contributed by atoms with Crippen LogP contribution in [0.15, 0.2) is 53.0 Å². The Morgan fingerprint density at radius 2 is 2.00 bits per heavy atom. The Kier molecular flexibility index (Phi) is 6.55. The third-order valence-corrected chi connectivity index (χ3v) is 4.16. The molecule has 4 heteroatoms. The van der Waals surface area contributed by atoms with Crippen LogP contribution in [0, 0.1) is 0 Å². The van der Waals surface area contributed by atoms with Crippen LogP contribution in [0.5, 0.6) is 5.75 Å². The van der Waals surface area contributed by atoms with Crippen molar-refractivity contribution in [3.8, 4) is 5.75 Å². The van der Waals surface area contributed by atoms with Crippen LogP contribution in [0.4, 0.5) is 0 Å². The van der Waals surface area contributed by atoms with Crippen LogP contribution in [0.1, 0.15) is 17.9 Å². The van der Waals surface area contributed by atoms with E-state index in [-0.39, 0.29) is 0 Å². The number of benzene rings is 2. The minimum atomic E-state index is 0.343. The topological polar surface area (TPSA) is 21.3 Å². The van der Waals surface area contributed by atoms with E-state index in [4.69, 9.17) is 16.3 Å². The Balaban J connectivity index is 1.96. The van der Waals surface area contributed by atoms with E-state index in [1.54, 1.807) is 0 Å². The lowest BCUT2D eigenvalue weighted by Gasteiger charge is -2.18. The fraction of sp³-hybridized carbons (Fsp3) is 0.294. The molecule has 2 aromatic rings. The molecule has 0 aliphatic heterocycles. The normalized spacial score (nSPS) is 12.1. The fourth-order valence-electron chi connectivity index (χ4n) is 2.30. The maximum absolute atomic E-state index is 6.30. The summed E-state index contributed by atoms with van der Waals surface area (Å²) < 4.78 is 6.85. The minimum absolute atomic E-state index is 0.343. The largest absolute Gasteiger partial charge is 0.494 e. The van der Waals surface area contributed by atoms with Gasteiger partial charge in [0.05, 0.1) is 6.61 Å². The van der Waals surface area contributed by atoms with Gasteiger partial charge in [0, 0.05) is 22.0 Å². The number of rotatable bonds is 7. The van der Waals surface area contributed by atoms with Gasteiger partial charge in [0.2, 0.25) is 0 Å². The summed E-state index contributed by atoms with van der Waals surface area (Å²) >= 11 is 9.74. The number of hydrogen-bond acceptors (Lipinski definition) is 2. The maximum Gasteiger partial charge on any atom is 0.120 e. The van der Waals surface area contributed by atoms with E-state index in [1.165, 1.54) is 5.56 Å². The summed E-state index contributed by atoms with van der Waals surface area (Å²) in [7, 11) is 1.96. The van der Waals surface area contributed by atoms with Gasteiger partial charge in [-0.05, 0) is 43.3 Å². The maximum atomic E-state index is 6.30. The molecular weight excluding hydrogens is 350 g/mol. The molecule has 0 bridgehead atoms. The van der Waals surface area contributed by atoms with Crippen LogP contribution < -0.4 is 10.1 Å². The van der Waals surface area contributed by atoms with Crippen molar-refractivity contribution in [3.63, 3.8) is 0 Å². The van der Waals surface area contributed by atoms with Crippen molar-refractivity contribution < 1.29 is 4.74 Å². The van der Waals surface area contributed by atoms with Crippen molar-refractivity contribution in [2.45, 2.75) is 12.3 Å². The van der Waals surface area contributed by atoms with Crippen molar-refractivity contribution >= 4 is 27.5 Å². The molecule has 1 atom stereocenters. The highest BCUT2D eigenvalue weighted by Crippen LogP contribution is 2.27. The quantitative estimate of drug-likeness (QED) is 0.752. The predicted octanol–water partition coefficient (Wildman–Crippen LogP) is 4.87. The van der Waals surface area contributed by atoms with Gasteiger partial charge in [0.25, 0.3) is 0 Å². The number of hydrogen-bond donors (Lipinski definition) is 1. The van der Waals surface area contributed by atoms with Crippen LogP contribution in [0.3, 0.4) is 0 Å². The zero-order chi connectivity index (χ0) is 15.1. The smallest absolute Gasteiger partial charge is 0.120 e. The molecule has 0 aliphatic rings. The zero-order valence-electron chi connectivity index (χ0n) is 12.0. The van der Waals surface area contributed by atoms with E-state index in [0.717, 1.165) is 28.2 Å². The molecule has 2 nitrogen and oxygen atoms in total. The van der Waals surface area contributed by atoms with E-state index in [9.17, 15) is 0 Å². The van der Waals surface area contributed by atoms with Gasteiger partial charge < -0.3 is 10.1 Å². The van der Waals surface area contributed by atoms with Crippen LogP contribution >= 0.6 is 27.5 Å². The molecule has 112 valence electrons. The van der Waals surface area contributed by atoms with E-state index in [0.29, 0.717) is 12.5 Å². The first-order chi connectivity index (χ1) is 10.2. The molecule has 1 unspecified atom stereocenters. The lowest BCUT2D eigenvalue weighted by Crippen LogP contribution is -2.19. The highest BCUT2D eigenvalue weighted by molar-refractivity contribution is 9.10. The molecule has 0 amide bonds. The van der Waals surface area contributed by atoms with Gasteiger partial charge in [-0.2, -0.15) is 0 Å². The summed E-state index contributed by atoms with van der Waals surface area (Å²) in [5.41, 5.74) is 1.17. The molecule has 0 fully saturated rings. The van der Waals surface area contributed by atoms with Crippen molar-refractivity contribution in [2.24, 2.45) is 0 Å². The van der Waals surface area contributed by atoms with Crippen LogP contribution in [0.25, 0.3) is 0 Å². The summed E-state index contributed by atoms with van der Waals surface area (Å²) in [5, 5.41) is 4.05. The summed E-state index contributed by atoms with van der Waals surface area (Å²) in [6, 6.07) is 15.9. The second-order valence-electron chi connectivity index (χ2n) is 4.87. The predicted molar refractivity (Wildman–Crippen MR) is 92.4 cm³/mol. The van der Waals surface area contributed by atoms with Crippen molar-refractivity contribution in [2.75, 3.05) is 20.2 Å². The Hall–Kier alpha value is -1.03. The Morgan fingerprint density at radius 3 is 2.71 bits per heavy atom. The van der Waals surface area contributed by atoms with E-state index in [2.05, 4.69) is 27.3 Å². The summed E-state index contributed by atoms with van der Waals surface area (Å²) in [6.07, 6.45) is 0.914. The van der Waals surface area contributed by atoms with E-state index < -0.39 is 0 Å². The first-order valence-corrected chi connectivity index (χ1v) is 8.15. The first kappa shape index (κ1) is 16.3. The standard InChI is InChI=1S/C17H19BrClNO/c1-20-12-13(16-7-2-3-8-17(16)19)9-10-21-15-6-4-5-14(18)11-15/h2-8,11,13,20H,9-10,12H2,1H3. The summed E-state index contributed by atoms with van der Waals surface area (Å²) in [4.78, 5) is 0. The minimum Gasteiger partial charge on any atom is -0.494 e. The highest BCUT2D eigenvalue weighted by atomic mass is 79.9. The molecule has 0 aromatic heterocycles. The monoisotopic (exact) mass is 367 g/mol. The molecule has 0 heterocycles. The Labute approximate surface area is 139 Å². The number of likely N-dealkylation sites (N-methyl/N-ethyl adjacent to an activating group) is 1. The second kappa shape index (κ2) is 8.42. The molecule has 21 heavy (non-hydrogen) atoms. The van der Waals surface area contributed by atoms with Crippen LogP contribution in [-0.2, 0) is 0 Å². The molecule has 0 spiro atoms. The number of nitrogens with one attached hydrogen (secondary N) is 1. The summed E-state index contributed by atoms with van der Waals surface area (Å²) in [6.45, 7) is 1.54. The fourth-order valence-corrected chi connectivity index (χ4v) is 2.96. The molecule has 2 aromatic carbocycles. The molecule has 0 radical (unpaired) electrons. The van der Waals surface area contributed by atoms with Crippen molar-refractivity contribution in [3.05, 3.63) is 63.6 Å². The number of halogens is 2. The molecular formula is C17H19BrClNO. The van der Waals surface area contributed by atoms with Gasteiger partial charge in [-0.1, -0.05) is 51.8 Å². The lowest BCUT2D eigenvalue weighted by molar-refractivity contribution is 0.296. The van der Waals surface area contributed by atoms with Crippen LogP contribution in [-0.4, -0.2) is 20.2 Å². The third kappa shape index (κ3) is 5.03. The number of ether oxygens (including phenoxy) is 1. The molecule has 1 N–H and O–H groups in total. The molecule has 2 rings (SSSR count). The average molecular weight is 369 g/mol. The molecule has 0 saturated heterocycles. The Bertz CT molecular complexity index is 576.